The van der Waals surface area contributed by atoms with Gasteiger partial charge in [0.2, 0.25) is 21.8 Å². The maximum absolute atomic E-state index is 13.3. The summed E-state index contributed by atoms with van der Waals surface area (Å²) in [6.45, 7) is -0.593. The normalized spacial score (nSPS) is 12.0. The molecule has 0 fully saturated rings. The number of anilines is 1. The molecule has 35 heavy (non-hydrogen) atoms. The zero-order valence-corrected chi connectivity index (χ0v) is 20.1. The van der Waals surface area contributed by atoms with E-state index in [1.54, 1.807) is 38.4 Å². The summed E-state index contributed by atoms with van der Waals surface area (Å²) in [5, 5.41) is 2.63. The molecule has 2 amide bonds. The van der Waals surface area contributed by atoms with Gasteiger partial charge in [0.25, 0.3) is 0 Å². The summed E-state index contributed by atoms with van der Waals surface area (Å²) in [6, 6.07) is 19.3. The molecule has 10 heteroatoms. The van der Waals surface area contributed by atoms with Crippen LogP contribution in [0, 0.1) is 5.82 Å². The summed E-state index contributed by atoms with van der Waals surface area (Å²) in [5.74, 6) is -1.01. The first kappa shape index (κ1) is 25.9. The summed E-state index contributed by atoms with van der Waals surface area (Å²) in [4.78, 5) is 27.2. The summed E-state index contributed by atoms with van der Waals surface area (Å²) in [7, 11) is -0.908. The molecule has 0 bridgehead atoms. The van der Waals surface area contributed by atoms with Gasteiger partial charge in [0.15, 0.2) is 0 Å². The Labute approximate surface area is 203 Å². The fourth-order valence-electron chi connectivity index (χ4n) is 3.32. The number of ether oxygens (including phenoxy) is 1. The van der Waals surface area contributed by atoms with Gasteiger partial charge in [-0.15, -0.1) is 0 Å². The van der Waals surface area contributed by atoms with Crippen LogP contribution in [-0.2, 0) is 26.0 Å². The Hall–Kier alpha value is -3.76. The van der Waals surface area contributed by atoms with Crippen molar-refractivity contribution in [3.05, 3.63) is 90.2 Å². The number of carbonyl (C=O) groups excluding carboxylic acids is 2. The zero-order chi connectivity index (χ0) is 25.4. The quantitative estimate of drug-likeness (QED) is 0.446. The van der Waals surface area contributed by atoms with E-state index in [0.717, 1.165) is 29.8 Å². The van der Waals surface area contributed by atoms with Gasteiger partial charge < -0.3 is 15.0 Å². The van der Waals surface area contributed by atoms with Crippen LogP contribution in [0.1, 0.15) is 5.56 Å². The zero-order valence-electron chi connectivity index (χ0n) is 19.3. The lowest BCUT2D eigenvalue weighted by Gasteiger charge is -2.25. The van der Waals surface area contributed by atoms with Crippen LogP contribution in [0.15, 0.2) is 83.8 Å². The Bertz CT molecular complexity index is 1250. The van der Waals surface area contributed by atoms with Crippen LogP contribution in [0.3, 0.4) is 0 Å². The molecule has 0 aromatic heterocycles. The molecule has 3 aromatic carbocycles. The third-order valence-corrected chi connectivity index (χ3v) is 6.67. The second-order valence-corrected chi connectivity index (χ2v) is 9.45. The second kappa shape index (κ2) is 11.6. The predicted molar refractivity (Wildman–Crippen MR) is 130 cm³/mol. The molecule has 8 nitrogen and oxygen atoms in total. The number of carbonyl (C=O) groups is 2. The number of likely N-dealkylation sites (N-methyl/N-ethyl adjacent to an activating group) is 1. The highest BCUT2D eigenvalue weighted by molar-refractivity contribution is 7.89. The Morgan fingerprint density at radius 1 is 0.971 bits per heavy atom. The van der Waals surface area contributed by atoms with Crippen molar-refractivity contribution >= 4 is 27.5 Å². The third kappa shape index (κ3) is 7.11. The van der Waals surface area contributed by atoms with E-state index in [-0.39, 0.29) is 17.2 Å². The van der Waals surface area contributed by atoms with E-state index >= 15 is 0 Å². The molecule has 1 atom stereocenters. The number of rotatable bonds is 10. The molecule has 2 N–H and O–H groups in total. The Kier molecular flexibility index (Phi) is 8.56. The summed E-state index contributed by atoms with van der Waals surface area (Å²) < 4.78 is 45.2. The van der Waals surface area contributed by atoms with Gasteiger partial charge in [-0.05, 0) is 54.1 Å². The van der Waals surface area contributed by atoms with Gasteiger partial charge in [0, 0.05) is 19.2 Å². The number of sulfonamides is 1. The average Bonchev–Trinajstić information content (AvgIpc) is 2.87. The molecular weight excluding hydrogens is 473 g/mol. The van der Waals surface area contributed by atoms with E-state index in [1.807, 2.05) is 30.3 Å². The van der Waals surface area contributed by atoms with Crippen molar-refractivity contribution in [2.45, 2.75) is 17.4 Å². The molecule has 0 saturated heterocycles. The average molecular weight is 500 g/mol. The van der Waals surface area contributed by atoms with Crippen molar-refractivity contribution in [3.8, 4) is 5.75 Å². The molecule has 0 aliphatic heterocycles. The lowest BCUT2D eigenvalue weighted by Crippen LogP contribution is -2.51. The lowest BCUT2D eigenvalue weighted by molar-refractivity contribution is -0.126. The SMILES string of the molecule is COc1ccc(N(C)C(=O)C(Cc2ccccc2)NC(=O)CNS(=O)(=O)c2ccc(F)cc2)cc1. The fourth-order valence-corrected chi connectivity index (χ4v) is 4.30. The van der Waals surface area contributed by atoms with E-state index in [1.165, 1.54) is 4.90 Å². The highest BCUT2D eigenvalue weighted by Gasteiger charge is 2.26. The van der Waals surface area contributed by atoms with E-state index in [2.05, 4.69) is 10.0 Å². The van der Waals surface area contributed by atoms with Gasteiger partial charge in [0.1, 0.15) is 17.6 Å². The van der Waals surface area contributed by atoms with Crippen LogP contribution in [0.4, 0.5) is 10.1 Å². The first-order chi connectivity index (χ1) is 16.7. The van der Waals surface area contributed by atoms with Crippen LogP contribution in [0.2, 0.25) is 0 Å². The molecule has 0 heterocycles. The molecule has 0 aliphatic carbocycles. The number of benzene rings is 3. The maximum atomic E-state index is 13.3. The van der Waals surface area contributed by atoms with Gasteiger partial charge in [-0.25, -0.2) is 17.5 Å². The molecule has 184 valence electrons. The van der Waals surface area contributed by atoms with Crippen LogP contribution in [-0.4, -0.2) is 47.0 Å². The largest absolute Gasteiger partial charge is 0.497 e. The van der Waals surface area contributed by atoms with Crippen molar-refractivity contribution in [2.24, 2.45) is 0 Å². The predicted octanol–water partition coefficient (Wildman–Crippen LogP) is 2.50. The molecule has 3 rings (SSSR count). The van der Waals surface area contributed by atoms with Gasteiger partial charge >= 0.3 is 0 Å². The minimum atomic E-state index is -4.04. The van der Waals surface area contributed by atoms with Crippen molar-refractivity contribution < 1.29 is 27.1 Å². The Morgan fingerprint density at radius 2 is 1.60 bits per heavy atom. The molecular formula is C25H26FN3O5S. The molecule has 0 radical (unpaired) electrons. The van der Waals surface area contributed by atoms with E-state index in [0.29, 0.717) is 11.4 Å². The Morgan fingerprint density at radius 3 is 2.20 bits per heavy atom. The molecule has 0 spiro atoms. The molecule has 1 unspecified atom stereocenters. The lowest BCUT2D eigenvalue weighted by atomic mass is 10.0. The second-order valence-electron chi connectivity index (χ2n) is 7.68. The fraction of sp³-hybridized carbons (Fsp3) is 0.200. The first-order valence-electron chi connectivity index (χ1n) is 10.7. The van der Waals surface area contributed by atoms with E-state index in [9.17, 15) is 22.4 Å². The number of hydrogen-bond acceptors (Lipinski definition) is 5. The number of halogens is 1. The highest BCUT2D eigenvalue weighted by Crippen LogP contribution is 2.19. The standard InChI is InChI=1S/C25H26FN3O5S/c1-29(20-10-12-21(34-2)13-11-20)25(31)23(16-18-6-4-3-5-7-18)28-24(30)17-27-35(32,33)22-14-8-19(26)9-15-22/h3-15,23,27H,16-17H2,1-2H3,(H,28,30). The van der Waals surface area contributed by atoms with Crippen LogP contribution >= 0.6 is 0 Å². The van der Waals surface area contributed by atoms with Crippen molar-refractivity contribution in [1.82, 2.24) is 10.0 Å². The monoisotopic (exact) mass is 499 g/mol. The van der Waals surface area contributed by atoms with Crippen LogP contribution in [0.25, 0.3) is 0 Å². The van der Waals surface area contributed by atoms with Crippen molar-refractivity contribution in [2.75, 3.05) is 25.6 Å². The number of methoxy groups -OCH3 is 1. The summed E-state index contributed by atoms with van der Waals surface area (Å²) >= 11 is 0. The molecule has 0 saturated carbocycles. The smallest absolute Gasteiger partial charge is 0.249 e. The topological polar surface area (TPSA) is 105 Å². The number of nitrogens with one attached hydrogen (secondary N) is 2. The summed E-state index contributed by atoms with van der Waals surface area (Å²) in [5.41, 5.74) is 1.42. The highest BCUT2D eigenvalue weighted by atomic mass is 32.2. The van der Waals surface area contributed by atoms with Crippen LogP contribution in [0.5, 0.6) is 5.75 Å². The van der Waals surface area contributed by atoms with Gasteiger partial charge in [0.05, 0.1) is 18.6 Å². The third-order valence-electron chi connectivity index (χ3n) is 5.25. The minimum absolute atomic E-state index is 0.178. The van der Waals surface area contributed by atoms with Gasteiger partial charge in [-0.2, -0.15) is 0 Å². The number of nitrogens with zero attached hydrogens (tertiary/aromatic N) is 1. The summed E-state index contributed by atoms with van der Waals surface area (Å²) in [6.07, 6.45) is 0.205. The number of hydrogen-bond donors (Lipinski definition) is 2. The van der Waals surface area contributed by atoms with Gasteiger partial charge in [-0.1, -0.05) is 30.3 Å². The first-order valence-corrected chi connectivity index (χ1v) is 12.2. The maximum Gasteiger partial charge on any atom is 0.249 e. The number of amides is 2. The van der Waals surface area contributed by atoms with Crippen molar-refractivity contribution in [3.63, 3.8) is 0 Å². The van der Waals surface area contributed by atoms with E-state index < -0.39 is 34.3 Å². The minimum Gasteiger partial charge on any atom is -0.497 e. The molecule has 0 aliphatic rings. The molecule has 3 aromatic rings. The van der Waals surface area contributed by atoms with E-state index in [4.69, 9.17) is 4.74 Å². The van der Waals surface area contributed by atoms with Crippen LogP contribution < -0.4 is 19.7 Å². The van der Waals surface area contributed by atoms with Crippen molar-refractivity contribution in [1.29, 1.82) is 0 Å². The Balaban J connectivity index is 1.72. The van der Waals surface area contributed by atoms with Gasteiger partial charge in [-0.3, -0.25) is 9.59 Å².